The molecule has 2 atom stereocenters. The van der Waals surface area contributed by atoms with Crippen molar-refractivity contribution in [3.05, 3.63) is 0 Å². The first kappa shape index (κ1) is 9.39. The van der Waals surface area contributed by atoms with Crippen molar-refractivity contribution < 1.29 is 9.53 Å². The Morgan fingerprint density at radius 3 is 2.36 bits per heavy atom. The van der Waals surface area contributed by atoms with Crippen molar-refractivity contribution in [1.82, 2.24) is 5.32 Å². The van der Waals surface area contributed by atoms with Crippen molar-refractivity contribution in [2.75, 3.05) is 7.05 Å². The van der Waals surface area contributed by atoms with Crippen LogP contribution in [0.1, 0.15) is 0 Å². The van der Waals surface area contributed by atoms with Gasteiger partial charge in [-0.1, -0.05) is 34.8 Å². The normalized spacial score (nSPS) is 29.8. The molecule has 0 bridgehead atoms. The Balaban J connectivity index is 2.44. The molecule has 0 aromatic carbocycles. The van der Waals surface area contributed by atoms with E-state index in [1.165, 1.54) is 7.05 Å². The van der Waals surface area contributed by atoms with Gasteiger partial charge < -0.3 is 10.1 Å². The van der Waals surface area contributed by atoms with Gasteiger partial charge in [0, 0.05) is 7.05 Å². The lowest BCUT2D eigenvalue weighted by Crippen LogP contribution is -2.28. The van der Waals surface area contributed by atoms with E-state index < -0.39 is 16.0 Å². The van der Waals surface area contributed by atoms with Crippen LogP contribution in [0.25, 0.3) is 0 Å². The molecule has 0 radical (unpaired) electrons. The molecule has 0 saturated carbocycles. The van der Waals surface area contributed by atoms with E-state index in [1.807, 2.05) is 0 Å². The Kier molecular flexibility index (Phi) is 2.54. The second-order valence-electron chi connectivity index (χ2n) is 2.13. The summed E-state index contributed by atoms with van der Waals surface area (Å²) in [7, 11) is 1.50. The number of hydrogen-bond donors (Lipinski definition) is 1. The lowest BCUT2D eigenvalue weighted by atomic mass is 10.3. The second kappa shape index (κ2) is 2.98. The van der Waals surface area contributed by atoms with Gasteiger partial charge >= 0.3 is 0 Å². The third-order valence-corrected chi connectivity index (χ3v) is 1.96. The largest absolute Gasteiger partial charge is 0.357 e. The molecule has 3 nitrogen and oxygen atoms in total. The first-order chi connectivity index (χ1) is 4.96. The molecule has 0 spiro atoms. The SMILES string of the molecule is CNC(=O)C1OC1C(Cl)(Cl)Cl. The standard InChI is InChI=1S/C5H6Cl3NO2/c1-9-4(10)2-3(11-2)5(6,7)8/h2-3H,1H3,(H,9,10). The molecule has 0 aromatic rings. The Morgan fingerprint density at radius 1 is 1.55 bits per heavy atom. The molecule has 2 unspecified atom stereocenters. The van der Waals surface area contributed by atoms with Crippen molar-refractivity contribution in [2.45, 2.75) is 16.0 Å². The molecule has 1 rings (SSSR count). The summed E-state index contributed by atoms with van der Waals surface area (Å²) >= 11 is 16.4. The second-order valence-corrected chi connectivity index (χ2v) is 4.50. The molecular weight excluding hydrogens is 212 g/mol. The third kappa shape index (κ3) is 2.12. The predicted molar refractivity (Wildman–Crippen MR) is 43.0 cm³/mol. The molecule has 1 N–H and O–H groups in total. The van der Waals surface area contributed by atoms with Crippen LogP contribution in [0.15, 0.2) is 0 Å². The molecule has 1 aliphatic heterocycles. The zero-order valence-electron chi connectivity index (χ0n) is 5.61. The zero-order chi connectivity index (χ0) is 8.65. The van der Waals surface area contributed by atoms with Gasteiger partial charge in [-0.2, -0.15) is 0 Å². The number of halogens is 3. The Hall–Kier alpha value is 0.300. The fourth-order valence-electron chi connectivity index (χ4n) is 0.703. The first-order valence-corrected chi connectivity index (χ1v) is 4.04. The van der Waals surface area contributed by atoms with E-state index in [1.54, 1.807) is 0 Å². The summed E-state index contributed by atoms with van der Waals surface area (Å²) in [6.45, 7) is 0. The van der Waals surface area contributed by atoms with Crippen molar-refractivity contribution in [3.63, 3.8) is 0 Å². The molecule has 64 valence electrons. The van der Waals surface area contributed by atoms with Crippen molar-refractivity contribution >= 4 is 40.7 Å². The van der Waals surface area contributed by atoms with Gasteiger partial charge in [0.15, 0.2) is 6.10 Å². The van der Waals surface area contributed by atoms with Crippen LogP contribution >= 0.6 is 34.8 Å². The molecule has 0 aromatic heterocycles. The van der Waals surface area contributed by atoms with E-state index in [2.05, 4.69) is 5.32 Å². The highest BCUT2D eigenvalue weighted by Gasteiger charge is 2.56. The van der Waals surface area contributed by atoms with Gasteiger partial charge in [-0.15, -0.1) is 0 Å². The summed E-state index contributed by atoms with van der Waals surface area (Å²) in [6.07, 6.45) is -1.21. The molecule has 1 aliphatic rings. The van der Waals surface area contributed by atoms with Gasteiger partial charge in [0.05, 0.1) is 0 Å². The van der Waals surface area contributed by atoms with Gasteiger partial charge in [-0.25, -0.2) is 0 Å². The van der Waals surface area contributed by atoms with E-state index in [9.17, 15) is 4.79 Å². The fourth-order valence-corrected chi connectivity index (χ4v) is 1.20. The average Bonchev–Trinajstić information content (AvgIpc) is 2.62. The molecule has 0 aliphatic carbocycles. The molecule has 1 heterocycles. The number of alkyl halides is 3. The number of amides is 1. The van der Waals surface area contributed by atoms with Gasteiger partial charge in [-0.3, -0.25) is 4.79 Å². The van der Waals surface area contributed by atoms with Gasteiger partial charge in [0.25, 0.3) is 5.91 Å². The van der Waals surface area contributed by atoms with E-state index in [0.717, 1.165) is 0 Å². The summed E-state index contributed by atoms with van der Waals surface area (Å²) in [4.78, 5) is 10.8. The maximum atomic E-state index is 10.8. The van der Waals surface area contributed by atoms with Crippen LogP contribution in [0.3, 0.4) is 0 Å². The highest BCUT2D eigenvalue weighted by atomic mass is 35.6. The van der Waals surface area contributed by atoms with Gasteiger partial charge in [0.1, 0.15) is 6.10 Å². The third-order valence-electron chi connectivity index (χ3n) is 1.32. The smallest absolute Gasteiger partial charge is 0.251 e. The topological polar surface area (TPSA) is 41.6 Å². The minimum atomic E-state index is -1.50. The van der Waals surface area contributed by atoms with Crippen LogP contribution in [0.2, 0.25) is 0 Å². The maximum Gasteiger partial charge on any atom is 0.251 e. The van der Waals surface area contributed by atoms with Crippen molar-refractivity contribution in [1.29, 1.82) is 0 Å². The van der Waals surface area contributed by atoms with Gasteiger partial charge in [-0.05, 0) is 0 Å². The highest BCUT2D eigenvalue weighted by molar-refractivity contribution is 6.68. The van der Waals surface area contributed by atoms with Crippen LogP contribution in [0.5, 0.6) is 0 Å². The Labute approximate surface area is 78.9 Å². The number of nitrogens with one attached hydrogen (secondary N) is 1. The summed E-state index contributed by atoms with van der Waals surface area (Å²) in [5.74, 6) is -0.263. The number of likely N-dealkylation sites (N-methyl/N-ethyl adjacent to an activating group) is 1. The summed E-state index contributed by atoms with van der Waals surface area (Å²) in [5.41, 5.74) is 0. The minimum Gasteiger partial charge on any atom is -0.357 e. The quantitative estimate of drug-likeness (QED) is 0.524. The number of hydrogen-bond acceptors (Lipinski definition) is 2. The van der Waals surface area contributed by atoms with Crippen molar-refractivity contribution in [2.24, 2.45) is 0 Å². The van der Waals surface area contributed by atoms with Gasteiger partial charge in [0.2, 0.25) is 3.79 Å². The maximum absolute atomic E-state index is 10.8. The number of carbonyl (C=O) groups is 1. The molecule has 6 heteroatoms. The number of ether oxygens (including phenoxy) is 1. The monoisotopic (exact) mass is 217 g/mol. The molecule has 1 amide bonds. The Morgan fingerprint density at radius 2 is 2.09 bits per heavy atom. The lowest BCUT2D eigenvalue weighted by Gasteiger charge is -2.04. The van der Waals surface area contributed by atoms with E-state index in [-0.39, 0.29) is 5.91 Å². The molecular formula is C5H6Cl3NO2. The average molecular weight is 218 g/mol. The van der Waals surface area contributed by atoms with E-state index >= 15 is 0 Å². The summed E-state index contributed by atoms with van der Waals surface area (Å²) < 4.78 is 3.32. The molecule has 1 saturated heterocycles. The summed E-state index contributed by atoms with van der Waals surface area (Å²) in [5, 5.41) is 2.39. The van der Waals surface area contributed by atoms with Crippen LogP contribution < -0.4 is 5.32 Å². The van der Waals surface area contributed by atoms with Crippen molar-refractivity contribution in [3.8, 4) is 0 Å². The van der Waals surface area contributed by atoms with Crippen LogP contribution in [-0.2, 0) is 9.53 Å². The first-order valence-electron chi connectivity index (χ1n) is 2.90. The van der Waals surface area contributed by atoms with Crippen LogP contribution in [0.4, 0.5) is 0 Å². The van der Waals surface area contributed by atoms with Crippen LogP contribution in [0, 0.1) is 0 Å². The number of epoxide rings is 1. The Bertz CT molecular complexity index is 179. The molecule has 11 heavy (non-hydrogen) atoms. The predicted octanol–water partition coefficient (Wildman–Crippen LogP) is 0.870. The highest BCUT2D eigenvalue weighted by Crippen LogP contribution is 2.43. The van der Waals surface area contributed by atoms with Crippen LogP contribution in [-0.4, -0.2) is 29.0 Å². The molecule has 1 fully saturated rings. The number of rotatable bonds is 1. The fraction of sp³-hybridized carbons (Fsp3) is 0.800. The lowest BCUT2D eigenvalue weighted by molar-refractivity contribution is -0.121. The van der Waals surface area contributed by atoms with E-state index in [0.29, 0.717) is 0 Å². The minimum absolute atomic E-state index is 0.263. The number of carbonyl (C=O) groups excluding carboxylic acids is 1. The summed E-state index contributed by atoms with van der Waals surface area (Å²) in [6, 6.07) is 0. The zero-order valence-corrected chi connectivity index (χ0v) is 7.87. The van der Waals surface area contributed by atoms with E-state index in [4.69, 9.17) is 39.5 Å².